The van der Waals surface area contributed by atoms with Gasteiger partial charge in [-0.3, -0.25) is 9.89 Å². The molecule has 1 heterocycles. The summed E-state index contributed by atoms with van der Waals surface area (Å²) in [7, 11) is 0. The summed E-state index contributed by atoms with van der Waals surface area (Å²) >= 11 is 0. The Bertz CT molecular complexity index is 564. The molecule has 0 radical (unpaired) electrons. The van der Waals surface area contributed by atoms with Crippen molar-refractivity contribution >= 4 is 16.8 Å². The molecule has 0 saturated heterocycles. The highest BCUT2D eigenvalue weighted by atomic mass is 16.3. The van der Waals surface area contributed by atoms with Gasteiger partial charge in [-0.1, -0.05) is 0 Å². The number of H-pyrrole nitrogens is 1. The quantitative estimate of drug-likeness (QED) is 0.587. The minimum Gasteiger partial charge on any atom is -0.385 e. The Hall–Kier alpha value is -1.92. The number of aliphatic hydroxyl groups excluding tert-OH is 2. The van der Waals surface area contributed by atoms with Crippen molar-refractivity contribution in [1.29, 1.82) is 0 Å². The van der Waals surface area contributed by atoms with E-state index in [1.165, 1.54) is 0 Å². The number of nitrogens with two attached hydrogens (primary N) is 1. The summed E-state index contributed by atoms with van der Waals surface area (Å²) in [5, 5.41) is 26.8. The van der Waals surface area contributed by atoms with Gasteiger partial charge in [-0.05, 0) is 30.2 Å². The van der Waals surface area contributed by atoms with Crippen LogP contribution in [0.25, 0.3) is 10.9 Å². The zero-order valence-corrected chi connectivity index (χ0v) is 9.21. The Balaban J connectivity index is 2.46. The number of nitrogens with zero attached hydrogens (tertiary/aromatic N) is 1. The lowest BCUT2D eigenvalue weighted by molar-refractivity contribution is -0.131. The molecule has 5 N–H and O–H groups in total. The van der Waals surface area contributed by atoms with Crippen LogP contribution < -0.4 is 5.73 Å². The van der Waals surface area contributed by atoms with Crippen LogP contribution in [0.15, 0.2) is 18.3 Å². The predicted molar refractivity (Wildman–Crippen MR) is 61.0 cm³/mol. The first-order valence-corrected chi connectivity index (χ1v) is 5.10. The molecule has 2 rings (SSSR count). The van der Waals surface area contributed by atoms with Gasteiger partial charge < -0.3 is 15.9 Å². The fourth-order valence-corrected chi connectivity index (χ4v) is 1.76. The van der Waals surface area contributed by atoms with Crippen LogP contribution in [0.2, 0.25) is 0 Å². The second-order valence-electron chi connectivity index (χ2n) is 3.96. The number of rotatable bonds is 3. The van der Waals surface area contributed by atoms with Crippen molar-refractivity contribution in [3.8, 4) is 0 Å². The molecular formula is C11H13N3O3. The number of primary amides is 1. The molecule has 1 amide bonds. The fraction of sp³-hybridized carbons (Fsp3) is 0.273. The number of aromatic amines is 1. The molecule has 0 bridgehead atoms. The molecule has 90 valence electrons. The van der Waals surface area contributed by atoms with Crippen molar-refractivity contribution in [2.45, 2.75) is 19.1 Å². The van der Waals surface area contributed by atoms with Crippen LogP contribution in [0.4, 0.5) is 0 Å². The van der Waals surface area contributed by atoms with Crippen molar-refractivity contribution in [3.05, 3.63) is 29.5 Å². The van der Waals surface area contributed by atoms with Gasteiger partial charge in [-0.25, -0.2) is 0 Å². The molecule has 1 aromatic carbocycles. The molecule has 0 aliphatic heterocycles. The Morgan fingerprint density at radius 2 is 2.18 bits per heavy atom. The van der Waals surface area contributed by atoms with Crippen LogP contribution in [0.5, 0.6) is 0 Å². The second-order valence-corrected chi connectivity index (χ2v) is 3.96. The lowest BCUT2D eigenvalue weighted by atomic mass is 9.97. The van der Waals surface area contributed by atoms with E-state index in [0.29, 0.717) is 5.56 Å². The summed E-state index contributed by atoms with van der Waals surface area (Å²) in [5.41, 5.74) is 6.98. The normalized spacial score (nSPS) is 14.8. The first-order valence-electron chi connectivity index (χ1n) is 5.10. The molecule has 2 unspecified atom stereocenters. The van der Waals surface area contributed by atoms with Crippen molar-refractivity contribution in [3.63, 3.8) is 0 Å². The molecule has 2 aromatic rings. The maximum Gasteiger partial charge on any atom is 0.249 e. The lowest BCUT2D eigenvalue weighted by Gasteiger charge is -2.17. The SMILES string of the molecule is Cc1cc2[nH]ncc2cc1C(O)C(O)C(N)=O. The van der Waals surface area contributed by atoms with Crippen LogP contribution in [0.1, 0.15) is 17.2 Å². The van der Waals surface area contributed by atoms with E-state index in [9.17, 15) is 15.0 Å². The van der Waals surface area contributed by atoms with Gasteiger partial charge in [0, 0.05) is 5.39 Å². The summed E-state index contributed by atoms with van der Waals surface area (Å²) in [5.74, 6) is -0.954. The average molecular weight is 235 g/mol. The fourth-order valence-electron chi connectivity index (χ4n) is 1.76. The molecule has 0 aliphatic rings. The maximum absolute atomic E-state index is 10.8. The summed E-state index contributed by atoms with van der Waals surface area (Å²) in [4.78, 5) is 10.8. The summed E-state index contributed by atoms with van der Waals surface area (Å²) in [6.45, 7) is 1.77. The van der Waals surface area contributed by atoms with Gasteiger partial charge in [0.25, 0.3) is 0 Å². The van der Waals surface area contributed by atoms with Crippen molar-refractivity contribution < 1.29 is 15.0 Å². The monoisotopic (exact) mass is 235 g/mol. The van der Waals surface area contributed by atoms with Gasteiger partial charge >= 0.3 is 0 Å². The Morgan fingerprint density at radius 1 is 1.47 bits per heavy atom. The highest BCUT2D eigenvalue weighted by molar-refractivity contribution is 5.82. The molecule has 0 saturated carbocycles. The second kappa shape index (κ2) is 4.15. The summed E-state index contributed by atoms with van der Waals surface area (Å²) in [6, 6.07) is 3.46. The van der Waals surface area contributed by atoms with Crippen LogP contribution in [-0.2, 0) is 4.79 Å². The molecule has 6 nitrogen and oxygen atoms in total. The van der Waals surface area contributed by atoms with Crippen molar-refractivity contribution in [2.24, 2.45) is 5.73 Å². The Labute approximate surface area is 97.1 Å². The highest BCUT2D eigenvalue weighted by Crippen LogP contribution is 2.25. The van der Waals surface area contributed by atoms with Gasteiger partial charge in [0.05, 0.1) is 11.7 Å². The van der Waals surface area contributed by atoms with Gasteiger partial charge in [-0.2, -0.15) is 5.10 Å². The molecule has 2 atom stereocenters. The Kier molecular flexibility index (Phi) is 2.83. The van der Waals surface area contributed by atoms with E-state index >= 15 is 0 Å². The van der Waals surface area contributed by atoms with E-state index in [2.05, 4.69) is 10.2 Å². The van der Waals surface area contributed by atoms with Crippen LogP contribution in [-0.4, -0.2) is 32.4 Å². The first kappa shape index (κ1) is 11.6. The van der Waals surface area contributed by atoms with E-state index in [1.54, 1.807) is 25.3 Å². The molecular weight excluding hydrogens is 222 g/mol. The zero-order chi connectivity index (χ0) is 12.6. The molecule has 0 fully saturated rings. The van der Waals surface area contributed by atoms with Crippen molar-refractivity contribution in [1.82, 2.24) is 10.2 Å². The van der Waals surface area contributed by atoms with E-state index in [0.717, 1.165) is 16.5 Å². The number of aromatic nitrogens is 2. The summed E-state index contributed by atoms with van der Waals surface area (Å²) < 4.78 is 0. The third-order valence-corrected chi connectivity index (χ3v) is 2.74. The summed E-state index contributed by atoms with van der Waals surface area (Å²) in [6.07, 6.45) is -1.34. The molecule has 6 heteroatoms. The number of aliphatic hydroxyl groups is 2. The number of fused-ring (bicyclic) bond motifs is 1. The molecule has 0 aliphatic carbocycles. The standard InChI is InChI=1S/C11H13N3O3/c1-5-2-8-6(4-13-14-8)3-7(5)9(15)10(16)11(12)17/h2-4,9-10,15-16H,1H3,(H2,12,17)(H,13,14). The minimum absolute atomic E-state index is 0.463. The molecule has 0 spiro atoms. The van der Waals surface area contributed by atoms with E-state index in [-0.39, 0.29) is 0 Å². The zero-order valence-electron chi connectivity index (χ0n) is 9.21. The first-order chi connectivity index (χ1) is 8.00. The van der Waals surface area contributed by atoms with Crippen LogP contribution in [0, 0.1) is 6.92 Å². The largest absolute Gasteiger partial charge is 0.385 e. The average Bonchev–Trinajstić information content (AvgIpc) is 2.72. The highest BCUT2D eigenvalue weighted by Gasteiger charge is 2.25. The predicted octanol–water partition coefficient (Wildman–Crippen LogP) is -0.249. The van der Waals surface area contributed by atoms with Gasteiger partial charge in [0.15, 0.2) is 6.10 Å². The molecule has 1 aromatic heterocycles. The van der Waals surface area contributed by atoms with E-state index in [4.69, 9.17) is 5.73 Å². The maximum atomic E-state index is 10.8. The topological polar surface area (TPSA) is 112 Å². The number of nitrogens with one attached hydrogen (secondary N) is 1. The number of carbonyl (C=O) groups is 1. The van der Waals surface area contributed by atoms with Crippen molar-refractivity contribution in [2.75, 3.05) is 0 Å². The number of benzene rings is 1. The van der Waals surface area contributed by atoms with Gasteiger partial charge in [0.1, 0.15) is 6.10 Å². The van der Waals surface area contributed by atoms with Crippen LogP contribution >= 0.6 is 0 Å². The number of carbonyl (C=O) groups excluding carboxylic acids is 1. The number of hydrogen-bond acceptors (Lipinski definition) is 4. The third kappa shape index (κ3) is 2.00. The lowest BCUT2D eigenvalue weighted by Crippen LogP contribution is -2.34. The molecule has 17 heavy (non-hydrogen) atoms. The van der Waals surface area contributed by atoms with E-state index < -0.39 is 18.1 Å². The number of hydrogen-bond donors (Lipinski definition) is 4. The smallest absolute Gasteiger partial charge is 0.249 e. The number of aryl methyl sites for hydroxylation is 1. The minimum atomic E-state index is -1.61. The van der Waals surface area contributed by atoms with Crippen LogP contribution in [0.3, 0.4) is 0 Å². The van der Waals surface area contributed by atoms with E-state index in [1.807, 2.05) is 0 Å². The van der Waals surface area contributed by atoms with Gasteiger partial charge in [-0.15, -0.1) is 0 Å². The van der Waals surface area contributed by atoms with Gasteiger partial charge in [0.2, 0.25) is 5.91 Å². The third-order valence-electron chi connectivity index (χ3n) is 2.74. The number of amides is 1. The Morgan fingerprint density at radius 3 is 2.82 bits per heavy atom.